The Bertz CT molecular complexity index is 390. The molecule has 1 unspecified atom stereocenters. The largest absolute Gasteiger partial charge is 0.478 e. The van der Waals surface area contributed by atoms with E-state index >= 15 is 0 Å². The number of hydrogen-bond acceptors (Lipinski definition) is 4. The first kappa shape index (κ1) is 14.4. The van der Waals surface area contributed by atoms with Crippen molar-refractivity contribution in [3.8, 4) is 0 Å². The van der Waals surface area contributed by atoms with Gasteiger partial charge in [-0.2, -0.15) is 0 Å². The maximum Gasteiger partial charge on any atom is 0.331 e. The van der Waals surface area contributed by atoms with Gasteiger partial charge in [-0.1, -0.05) is 19.9 Å². The third-order valence-corrected chi connectivity index (χ3v) is 2.97. The molecule has 0 aliphatic carbocycles. The van der Waals surface area contributed by atoms with Gasteiger partial charge in [0.15, 0.2) is 0 Å². The maximum atomic E-state index is 11.6. The zero-order valence-corrected chi connectivity index (χ0v) is 10.6. The summed E-state index contributed by atoms with van der Waals surface area (Å²) >= 11 is 0. The van der Waals surface area contributed by atoms with Crippen molar-refractivity contribution >= 4 is 17.8 Å². The average molecular weight is 254 g/mol. The van der Waals surface area contributed by atoms with Gasteiger partial charge in [0, 0.05) is 12.1 Å². The van der Waals surface area contributed by atoms with E-state index in [0.29, 0.717) is 25.0 Å². The van der Waals surface area contributed by atoms with Crippen LogP contribution in [0.15, 0.2) is 11.6 Å². The molecule has 1 atom stereocenters. The molecule has 100 valence electrons. The number of carbonyl (C=O) groups is 3. The quantitative estimate of drug-likeness (QED) is 0.538. The highest BCUT2D eigenvalue weighted by Gasteiger charge is 2.31. The van der Waals surface area contributed by atoms with Gasteiger partial charge in [-0.3, -0.25) is 19.8 Å². The first-order valence-electron chi connectivity index (χ1n) is 5.99. The van der Waals surface area contributed by atoms with Crippen LogP contribution in [0.25, 0.3) is 0 Å². The van der Waals surface area contributed by atoms with Gasteiger partial charge in [0.2, 0.25) is 11.8 Å². The number of nitrogens with one attached hydrogen (secondary N) is 1. The molecule has 1 fully saturated rings. The molecule has 2 amide bonds. The fraction of sp³-hybridized carbons (Fsp3) is 0.583. The zero-order chi connectivity index (χ0) is 13.7. The molecule has 1 rings (SSSR count). The fourth-order valence-corrected chi connectivity index (χ4v) is 1.97. The normalized spacial score (nSPS) is 21.9. The van der Waals surface area contributed by atoms with Crippen molar-refractivity contribution in [3.05, 3.63) is 11.6 Å². The number of carboxylic acids is 1. The Balaban J connectivity index is 2.77. The summed E-state index contributed by atoms with van der Waals surface area (Å²) in [5, 5.41) is 11.2. The lowest BCUT2D eigenvalue weighted by atomic mass is 10.1. The Morgan fingerprint density at radius 3 is 2.67 bits per heavy atom. The smallest absolute Gasteiger partial charge is 0.331 e. The second-order valence-electron chi connectivity index (χ2n) is 4.15. The van der Waals surface area contributed by atoms with Crippen LogP contribution in [0.4, 0.5) is 0 Å². The maximum absolute atomic E-state index is 11.6. The van der Waals surface area contributed by atoms with Crippen LogP contribution in [0.3, 0.4) is 0 Å². The van der Waals surface area contributed by atoms with Gasteiger partial charge in [-0.15, -0.1) is 0 Å². The molecular weight excluding hydrogens is 236 g/mol. The lowest BCUT2D eigenvalue weighted by molar-refractivity contribution is -0.139. The summed E-state index contributed by atoms with van der Waals surface area (Å²) in [6.07, 6.45) is 2.57. The molecule has 0 bridgehead atoms. The molecule has 1 aliphatic heterocycles. The van der Waals surface area contributed by atoms with Crippen LogP contribution < -0.4 is 5.32 Å². The average Bonchev–Trinajstić information content (AvgIpc) is 2.28. The summed E-state index contributed by atoms with van der Waals surface area (Å²) in [5.74, 6) is -1.61. The molecule has 0 aromatic heterocycles. The molecule has 0 saturated carbocycles. The van der Waals surface area contributed by atoms with Crippen molar-refractivity contribution in [1.29, 1.82) is 0 Å². The van der Waals surface area contributed by atoms with Crippen molar-refractivity contribution in [3.63, 3.8) is 0 Å². The molecular formula is C12H18N2O4. The van der Waals surface area contributed by atoms with Crippen molar-refractivity contribution < 1.29 is 19.5 Å². The number of imide groups is 1. The summed E-state index contributed by atoms with van der Waals surface area (Å²) < 4.78 is 0. The van der Waals surface area contributed by atoms with Crippen LogP contribution in [0.5, 0.6) is 0 Å². The zero-order valence-electron chi connectivity index (χ0n) is 10.6. The van der Waals surface area contributed by atoms with Crippen LogP contribution in [0.2, 0.25) is 0 Å². The van der Waals surface area contributed by atoms with E-state index in [4.69, 9.17) is 5.11 Å². The number of amides is 2. The number of rotatable bonds is 5. The van der Waals surface area contributed by atoms with Gasteiger partial charge in [-0.25, -0.2) is 4.79 Å². The van der Waals surface area contributed by atoms with Crippen molar-refractivity contribution in [1.82, 2.24) is 10.2 Å². The predicted molar refractivity (Wildman–Crippen MR) is 64.8 cm³/mol. The Kier molecular flexibility index (Phi) is 5.03. The first-order valence-corrected chi connectivity index (χ1v) is 5.99. The summed E-state index contributed by atoms with van der Waals surface area (Å²) in [7, 11) is 0. The van der Waals surface area contributed by atoms with Crippen LogP contribution >= 0.6 is 0 Å². The van der Waals surface area contributed by atoms with Crippen molar-refractivity contribution in [2.75, 3.05) is 13.1 Å². The molecule has 2 N–H and O–H groups in total. The highest BCUT2D eigenvalue weighted by atomic mass is 16.4. The number of hydrogen-bond donors (Lipinski definition) is 2. The third-order valence-electron chi connectivity index (χ3n) is 2.97. The Hall–Kier alpha value is -1.69. The first-order chi connectivity index (χ1) is 8.49. The van der Waals surface area contributed by atoms with E-state index in [2.05, 4.69) is 5.32 Å². The number of carbonyl (C=O) groups excluding carboxylic acids is 2. The number of nitrogens with zero attached hydrogens (tertiary/aromatic N) is 1. The Labute approximate surface area is 106 Å². The van der Waals surface area contributed by atoms with Gasteiger partial charge >= 0.3 is 5.97 Å². The molecule has 0 aromatic rings. The molecule has 6 heteroatoms. The molecule has 6 nitrogen and oxygen atoms in total. The molecule has 0 aromatic carbocycles. The van der Waals surface area contributed by atoms with Gasteiger partial charge in [-0.05, 0) is 12.8 Å². The Morgan fingerprint density at radius 2 is 2.17 bits per heavy atom. The van der Waals surface area contributed by atoms with E-state index in [1.807, 2.05) is 6.92 Å². The second-order valence-corrected chi connectivity index (χ2v) is 4.15. The Morgan fingerprint density at radius 1 is 1.50 bits per heavy atom. The predicted octanol–water partition coefficient (Wildman–Crippen LogP) is 0.144. The summed E-state index contributed by atoms with van der Waals surface area (Å²) in [6, 6.07) is -0.370. The SMILES string of the molecule is CCC(=CCN1CC(=O)NC(=O)C1CC)C(=O)O. The summed E-state index contributed by atoms with van der Waals surface area (Å²) in [6.45, 7) is 4.03. The molecule has 0 radical (unpaired) electrons. The van der Waals surface area contributed by atoms with E-state index in [-0.39, 0.29) is 24.4 Å². The third kappa shape index (κ3) is 3.40. The lowest BCUT2D eigenvalue weighted by Gasteiger charge is -2.32. The minimum Gasteiger partial charge on any atom is -0.478 e. The van der Waals surface area contributed by atoms with Crippen LogP contribution in [0, 0.1) is 0 Å². The van der Waals surface area contributed by atoms with Crippen LogP contribution in [-0.4, -0.2) is 46.9 Å². The monoisotopic (exact) mass is 254 g/mol. The second kappa shape index (κ2) is 6.30. The standard InChI is InChI=1S/C12H18N2O4/c1-3-8(12(17)18)5-6-14-7-10(15)13-11(16)9(14)4-2/h5,9H,3-4,6-7H2,1-2H3,(H,17,18)(H,13,15,16). The molecule has 0 spiro atoms. The number of aliphatic carboxylic acids is 1. The van der Waals surface area contributed by atoms with E-state index in [0.717, 1.165) is 0 Å². The van der Waals surface area contributed by atoms with E-state index in [1.165, 1.54) is 0 Å². The van der Waals surface area contributed by atoms with Crippen LogP contribution in [0.1, 0.15) is 26.7 Å². The summed E-state index contributed by atoms with van der Waals surface area (Å²) in [5.41, 5.74) is 0.295. The van der Waals surface area contributed by atoms with Crippen molar-refractivity contribution in [2.24, 2.45) is 0 Å². The van der Waals surface area contributed by atoms with Gasteiger partial charge in [0.05, 0.1) is 12.6 Å². The van der Waals surface area contributed by atoms with Gasteiger partial charge < -0.3 is 5.11 Å². The number of carboxylic acid groups (broad SMARTS) is 1. The van der Waals surface area contributed by atoms with Crippen molar-refractivity contribution in [2.45, 2.75) is 32.7 Å². The van der Waals surface area contributed by atoms with Gasteiger partial charge in [0.25, 0.3) is 0 Å². The highest BCUT2D eigenvalue weighted by Crippen LogP contribution is 2.10. The fourth-order valence-electron chi connectivity index (χ4n) is 1.97. The number of piperazine rings is 1. The van der Waals surface area contributed by atoms with Gasteiger partial charge in [0.1, 0.15) is 0 Å². The molecule has 1 heterocycles. The minimum atomic E-state index is -0.960. The van der Waals surface area contributed by atoms with Crippen LogP contribution in [-0.2, 0) is 14.4 Å². The molecule has 1 saturated heterocycles. The summed E-state index contributed by atoms with van der Waals surface area (Å²) in [4.78, 5) is 35.4. The topological polar surface area (TPSA) is 86.7 Å². The van der Waals surface area contributed by atoms with E-state index < -0.39 is 5.97 Å². The minimum absolute atomic E-state index is 0.122. The lowest BCUT2D eigenvalue weighted by Crippen LogP contribution is -2.57. The van der Waals surface area contributed by atoms with E-state index in [9.17, 15) is 14.4 Å². The highest BCUT2D eigenvalue weighted by molar-refractivity contribution is 6.01. The molecule has 1 aliphatic rings. The molecule has 18 heavy (non-hydrogen) atoms. The van der Waals surface area contributed by atoms with E-state index in [1.54, 1.807) is 17.9 Å².